The Kier molecular flexibility index (Phi) is 2.21. The predicted octanol–water partition coefficient (Wildman–Crippen LogP) is 2.17. The first-order valence-electron chi connectivity index (χ1n) is 5.87. The van der Waals surface area contributed by atoms with Crippen LogP contribution in [-0.4, -0.2) is 25.0 Å². The summed E-state index contributed by atoms with van der Waals surface area (Å²) in [5.74, 6) is 1.05. The second-order valence-electron chi connectivity index (χ2n) is 4.61. The van der Waals surface area contributed by atoms with Crippen molar-refractivity contribution in [2.75, 3.05) is 14.2 Å². The van der Waals surface area contributed by atoms with Gasteiger partial charge in [-0.05, 0) is 36.1 Å². The molecule has 17 heavy (non-hydrogen) atoms. The summed E-state index contributed by atoms with van der Waals surface area (Å²) in [5, 5.41) is 0. The van der Waals surface area contributed by atoms with E-state index in [1.807, 2.05) is 25.4 Å². The van der Waals surface area contributed by atoms with E-state index in [2.05, 4.69) is 6.07 Å². The van der Waals surface area contributed by atoms with Gasteiger partial charge in [-0.25, -0.2) is 0 Å². The van der Waals surface area contributed by atoms with Crippen LogP contribution in [0.1, 0.15) is 29.0 Å². The van der Waals surface area contributed by atoms with Crippen LogP contribution >= 0.6 is 0 Å². The number of ether oxygens (including phenoxy) is 1. The SMILES string of the molecule is COc1ccc2c3c1C=CN(C)C(=O)C3CC2. The van der Waals surface area contributed by atoms with Crippen molar-refractivity contribution in [2.24, 2.45) is 0 Å². The topological polar surface area (TPSA) is 29.5 Å². The van der Waals surface area contributed by atoms with Crippen molar-refractivity contribution in [3.63, 3.8) is 0 Å². The van der Waals surface area contributed by atoms with Crippen LogP contribution in [-0.2, 0) is 11.2 Å². The highest BCUT2D eigenvalue weighted by atomic mass is 16.5. The standard InChI is InChI=1S/C14H15NO2/c1-15-8-7-10-12(17-2)6-4-9-3-5-11(13(9)10)14(15)16/h4,6-8,11H,3,5H2,1-2H3. The van der Waals surface area contributed by atoms with Crippen molar-refractivity contribution in [2.45, 2.75) is 18.8 Å². The molecule has 1 unspecified atom stereocenters. The molecule has 0 spiro atoms. The molecule has 1 heterocycles. The number of nitrogens with zero attached hydrogens (tertiary/aromatic N) is 1. The first-order valence-corrected chi connectivity index (χ1v) is 5.87. The van der Waals surface area contributed by atoms with Crippen LogP contribution in [0.3, 0.4) is 0 Å². The molecule has 1 aliphatic carbocycles. The van der Waals surface area contributed by atoms with Crippen LogP contribution in [0.2, 0.25) is 0 Å². The van der Waals surface area contributed by atoms with Crippen molar-refractivity contribution < 1.29 is 9.53 Å². The summed E-state index contributed by atoms with van der Waals surface area (Å²) in [4.78, 5) is 13.9. The molecule has 0 fully saturated rings. The molecule has 3 rings (SSSR count). The molecule has 0 aromatic heterocycles. The molecular weight excluding hydrogens is 214 g/mol. The van der Waals surface area contributed by atoms with Crippen molar-refractivity contribution in [1.29, 1.82) is 0 Å². The molecule has 0 saturated heterocycles. The Labute approximate surface area is 101 Å². The van der Waals surface area contributed by atoms with Crippen molar-refractivity contribution in [3.8, 4) is 5.75 Å². The number of hydrogen-bond acceptors (Lipinski definition) is 2. The van der Waals surface area contributed by atoms with Gasteiger partial charge >= 0.3 is 0 Å². The number of methoxy groups -OCH3 is 1. The van der Waals surface area contributed by atoms with E-state index in [1.54, 1.807) is 12.0 Å². The Morgan fingerprint density at radius 1 is 1.41 bits per heavy atom. The van der Waals surface area contributed by atoms with Gasteiger partial charge in [-0.2, -0.15) is 0 Å². The monoisotopic (exact) mass is 229 g/mol. The smallest absolute Gasteiger partial charge is 0.233 e. The van der Waals surface area contributed by atoms with Crippen LogP contribution < -0.4 is 4.74 Å². The fraction of sp³-hybridized carbons (Fsp3) is 0.357. The number of benzene rings is 1. The highest BCUT2D eigenvalue weighted by molar-refractivity contribution is 5.90. The average Bonchev–Trinajstić information content (AvgIpc) is 2.73. The van der Waals surface area contributed by atoms with Crippen LogP contribution in [0.4, 0.5) is 0 Å². The molecule has 1 atom stereocenters. The number of aryl methyl sites for hydroxylation is 1. The van der Waals surface area contributed by atoms with Gasteiger partial charge in [-0.1, -0.05) is 6.07 Å². The zero-order valence-electron chi connectivity index (χ0n) is 10.1. The zero-order chi connectivity index (χ0) is 12.0. The third-order valence-corrected chi connectivity index (χ3v) is 3.72. The number of amides is 1. The van der Waals surface area contributed by atoms with E-state index in [1.165, 1.54) is 11.1 Å². The highest BCUT2D eigenvalue weighted by Crippen LogP contribution is 2.42. The average molecular weight is 229 g/mol. The number of carbonyl (C=O) groups excluding carboxylic acids is 1. The Morgan fingerprint density at radius 2 is 2.24 bits per heavy atom. The molecule has 1 amide bonds. The van der Waals surface area contributed by atoms with Crippen molar-refractivity contribution in [1.82, 2.24) is 4.90 Å². The maximum Gasteiger partial charge on any atom is 0.233 e. The van der Waals surface area contributed by atoms with Gasteiger partial charge in [0.05, 0.1) is 13.0 Å². The Balaban J connectivity index is 2.26. The fourth-order valence-corrected chi connectivity index (χ4v) is 2.84. The van der Waals surface area contributed by atoms with E-state index < -0.39 is 0 Å². The Hall–Kier alpha value is -1.77. The van der Waals surface area contributed by atoms with E-state index in [-0.39, 0.29) is 11.8 Å². The minimum Gasteiger partial charge on any atom is -0.496 e. The summed E-state index contributed by atoms with van der Waals surface area (Å²) < 4.78 is 5.39. The second kappa shape index (κ2) is 3.62. The number of carbonyl (C=O) groups is 1. The molecular formula is C14H15NO2. The van der Waals surface area contributed by atoms with E-state index in [0.29, 0.717) is 0 Å². The third-order valence-electron chi connectivity index (χ3n) is 3.72. The summed E-state index contributed by atoms with van der Waals surface area (Å²) >= 11 is 0. The zero-order valence-corrected chi connectivity index (χ0v) is 10.1. The van der Waals surface area contributed by atoms with E-state index >= 15 is 0 Å². The van der Waals surface area contributed by atoms with E-state index in [0.717, 1.165) is 24.2 Å². The largest absolute Gasteiger partial charge is 0.496 e. The van der Waals surface area contributed by atoms with Gasteiger partial charge < -0.3 is 9.64 Å². The molecule has 0 N–H and O–H groups in total. The van der Waals surface area contributed by atoms with Crippen LogP contribution in [0, 0.1) is 0 Å². The molecule has 0 saturated carbocycles. The Bertz CT molecular complexity index is 519. The van der Waals surface area contributed by atoms with Gasteiger partial charge in [0.1, 0.15) is 5.75 Å². The quantitative estimate of drug-likeness (QED) is 0.738. The predicted molar refractivity (Wildman–Crippen MR) is 65.9 cm³/mol. The molecule has 1 aliphatic heterocycles. The molecule has 3 heteroatoms. The van der Waals surface area contributed by atoms with E-state index in [9.17, 15) is 4.79 Å². The molecule has 3 nitrogen and oxygen atoms in total. The molecule has 0 radical (unpaired) electrons. The minimum absolute atomic E-state index is 0.00935. The molecule has 2 aliphatic rings. The van der Waals surface area contributed by atoms with Gasteiger partial charge in [0.15, 0.2) is 0 Å². The summed E-state index contributed by atoms with van der Waals surface area (Å²) in [6.07, 6.45) is 5.73. The van der Waals surface area contributed by atoms with Gasteiger partial charge in [0.2, 0.25) is 5.91 Å². The third kappa shape index (κ3) is 1.38. The van der Waals surface area contributed by atoms with Gasteiger partial charge in [0.25, 0.3) is 0 Å². The van der Waals surface area contributed by atoms with Crippen LogP contribution in [0.25, 0.3) is 6.08 Å². The molecule has 1 aromatic carbocycles. The minimum atomic E-state index is 0.00935. The molecule has 0 bridgehead atoms. The lowest BCUT2D eigenvalue weighted by molar-refractivity contribution is -0.129. The summed E-state index contributed by atoms with van der Waals surface area (Å²) in [6.45, 7) is 0. The first kappa shape index (κ1) is 10.4. The lowest BCUT2D eigenvalue weighted by Crippen LogP contribution is -2.25. The van der Waals surface area contributed by atoms with Crippen LogP contribution in [0.15, 0.2) is 18.3 Å². The summed E-state index contributed by atoms with van der Waals surface area (Å²) in [7, 11) is 3.49. The number of hydrogen-bond donors (Lipinski definition) is 0. The maximum atomic E-state index is 12.2. The van der Waals surface area contributed by atoms with Gasteiger partial charge in [-0.3, -0.25) is 4.79 Å². The second-order valence-corrected chi connectivity index (χ2v) is 4.61. The fourth-order valence-electron chi connectivity index (χ4n) is 2.84. The van der Waals surface area contributed by atoms with Crippen LogP contribution in [0.5, 0.6) is 5.75 Å². The lowest BCUT2D eigenvalue weighted by Gasteiger charge is -2.16. The Morgan fingerprint density at radius 3 is 3.00 bits per heavy atom. The van der Waals surface area contributed by atoms with Gasteiger partial charge in [0, 0.05) is 18.8 Å². The number of likely N-dealkylation sites (N-methyl/N-ethyl adjacent to an activating group) is 1. The normalized spacial score (nSPS) is 21.4. The molecule has 88 valence electrons. The first-order chi connectivity index (χ1) is 8.22. The maximum absolute atomic E-state index is 12.2. The molecule has 1 aromatic rings. The van der Waals surface area contributed by atoms with Gasteiger partial charge in [-0.15, -0.1) is 0 Å². The van der Waals surface area contributed by atoms with Crippen molar-refractivity contribution in [3.05, 3.63) is 35.0 Å². The number of rotatable bonds is 1. The van der Waals surface area contributed by atoms with E-state index in [4.69, 9.17) is 4.74 Å². The summed E-state index contributed by atoms with van der Waals surface area (Å²) in [5.41, 5.74) is 3.54. The van der Waals surface area contributed by atoms with Crippen molar-refractivity contribution >= 4 is 12.0 Å². The summed E-state index contributed by atoms with van der Waals surface area (Å²) in [6, 6.07) is 4.08. The lowest BCUT2D eigenvalue weighted by atomic mass is 9.95. The highest BCUT2D eigenvalue weighted by Gasteiger charge is 2.34.